The fraction of sp³-hybridized carbons (Fsp3) is 0.978. The van der Waals surface area contributed by atoms with Crippen molar-refractivity contribution in [2.45, 2.75) is 282 Å². The third-order valence-electron chi connectivity index (χ3n) is 11.3. The average Bonchev–Trinajstić information content (AvgIpc) is 3.15. The molecule has 0 aliphatic carbocycles. The second-order valence-electron chi connectivity index (χ2n) is 16.5. The van der Waals surface area contributed by atoms with Gasteiger partial charge in [-0.05, 0) is 12.8 Å². The van der Waals surface area contributed by atoms with Crippen molar-refractivity contribution < 1.29 is 25.2 Å². The van der Waals surface area contributed by atoms with Crippen molar-refractivity contribution in [1.82, 2.24) is 5.32 Å². The van der Waals surface area contributed by atoms with E-state index in [1.165, 1.54) is 193 Å². The zero-order valence-electron chi connectivity index (χ0n) is 35.1. The molecule has 0 aromatic heterocycles. The molecule has 0 aromatic carbocycles. The Morgan fingerprint density at radius 3 is 0.923 bits per heavy atom. The Bertz CT molecular complexity index is 706. The maximum atomic E-state index is 12.5. The number of hydrogen-bond donors (Lipinski definition) is 5. The van der Waals surface area contributed by atoms with Crippen LogP contribution in [0.1, 0.15) is 258 Å². The minimum atomic E-state index is -1.25. The summed E-state index contributed by atoms with van der Waals surface area (Å²) < 4.78 is 0. The Kier molecular flexibility index (Phi) is 40.9. The highest BCUT2D eigenvalue weighted by atomic mass is 16.3. The van der Waals surface area contributed by atoms with Gasteiger partial charge >= 0.3 is 0 Å². The van der Waals surface area contributed by atoms with E-state index in [9.17, 15) is 25.2 Å². The monoisotopic (exact) mass is 740 g/mol. The van der Waals surface area contributed by atoms with E-state index in [2.05, 4.69) is 19.2 Å². The number of amides is 1. The van der Waals surface area contributed by atoms with Crippen LogP contribution in [0.25, 0.3) is 0 Å². The molecule has 0 aliphatic rings. The van der Waals surface area contributed by atoms with Crippen LogP contribution < -0.4 is 5.32 Å². The second-order valence-corrected chi connectivity index (χ2v) is 16.5. The van der Waals surface area contributed by atoms with E-state index < -0.39 is 36.9 Å². The third kappa shape index (κ3) is 35.0. The molecule has 0 saturated carbocycles. The number of hydrogen-bond acceptors (Lipinski definition) is 5. The van der Waals surface area contributed by atoms with Gasteiger partial charge in [0, 0.05) is 0 Å². The van der Waals surface area contributed by atoms with Crippen LogP contribution in [-0.2, 0) is 4.79 Å². The van der Waals surface area contributed by atoms with Gasteiger partial charge in [0.2, 0.25) is 5.91 Å². The summed E-state index contributed by atoms with van der Waals surface area (Å²) in [4.78, 5) is 12.5. The van der Waals surface area contributed by atoms with Crippen LogP contribution in [0.4, 0.5) is 0 Å². The molecule has 6 heteroatoms. The highest BCUT2D eigenvalue weighted by Gasteiger charge is 2.28. The molecule has 5 N–H and O–H groups in total. The zero-order valence-corrected chi connectivity index (χ0v) is 35.1. The summed E-state index contributed by atoms with van der Waals surface area (Å²) in [6, 6.07) is -0.978. The summed E-state index contributed by atoms with van der Waals surface area (Å²) in [6.07, 6.45) is 44.3. The van der Waals surface area contributed by atoms with Crippen molar-refractivity contribution in [1.29, 1.82) is 0 Å². The minimum Gasteiger partial charge on any atom is -0.394 e. The highest BCUT2D eigenvalue weighted by Crippen LogP contribution is 2.17. The van der Waals surface area contributed by atoms with E-state index in [4.69, 9.17) is 0 Å². The molecule has 52 heavy (non-hydrogen) atoms. The number of aliphatic hydroxyl groups is 4. The first-order chi connectivity index (χ1) is 25.5. The van der Waals surface area contributed by atoms with E-state index in [0.717, 1.165) is 38.5 Å². The largest absolute Gasteiger partial charge is 0.394 e. The zero-order chi connectivity index (χ0) is 38.2. The molecule has 0 fully saturated rings. The highest BCUT2D eigenvalue weighted by molar-refractivity contribution is 5.80. The van der Waals surface area contributed by atoms with Crippen LogP contribution in [0.2, 0.25) is 0 Å². The molecule has 6 nitrogen and oxygen atoms in total. The van der Waals surface area contributed by atoms with Gasteiger partial charge in [0.1, 0.15) is 12.2 Å². The van der Waals surface area contributed by atoms with E-state index in [1.54, 1.807) is 0 Å². The average molecular weight is 740 g/mol. The van der Waals surface area contributed by atoms with Gasteiger partial charge in [-0.2, -0.15) is 0 Å². The molecule has 0 rings (SSSR count). The summed E-state index contributed by atoms with van der Waals surface area (Å²) >= 11 is 0. The Morgan fingerprint density at radius 2 is 0.654 bits per heavy atom. The van der Waals surface area contributed by atoms with Crippen molar-refractivity contribution in [3.8, 4) is 0 Å². The van der Waals surface area contributed by atoms with Gasteiger partial charge in [0.15, 0.2) is 0 Å². The first kappa shape index (κ1) is 51.3. The third-order valence-corrected chi connectivity index (χ3v) is 11.3. The number of unbranched alkanes of at least 4 members (excludes halogenated alkanes) is 34. The second kappa shape index (κ2) is 41.5. The first-order valence-corrected chi connectivity index (χ1v) is 23.4. The topological polar surface area (TPSA) is 110 Å². The summed E-state index contributed by atoms with van der Waals surface area (Å²) in [5.74, 6) is -0.579. The van der Waals surface area contributed by atoms with Gasteiger partial charge in [0.25, 0.3) is 0 Å². The van der Waals surface area contributed by atoms with E-state index in [-0.39, 0.29) is 0 Å². The number of rotatable bonds is 43. The Labute approximate surface area is 324 Å². The van der Waals surface area contributed by atoms with Crippen LogP contribution >= 0.6 is 0 Å². The predicted octanol–water partition coefficient (Wildman–Crippen LogP) is 12.4. The summed E-state index contributed by atoms with van der Waals surface area (Å²) in [5, 5.41) is 43.7. The molecular weight excluding hydrogens is 647 g/mol. The number of aliphatic hydroxyl groups excluding tert-OH is 4. The van der Waals surface area contributed by atoms with Crippen molar-refractivity contribution >= 4 is 5.91 Å². The molecular formula is C46H93NO5. The van der Waals surface area contributed by atoms with Crippen molar-refractivity contribution in [2.24, 2.45) is 0 Å². The number of carbonyl (C=O) groups excluding carboxylic acids is 1. The molecule has 0 aromatic rings. The van der Waals surface area contributed by atoms with Gasteiger partial charge in [0.05, 0.1) is 18.8 Å². The molecule has 0 saturated heterocycles. The van der Waals surface area contributed by atoms with Crippen molar-refractivity contribution in [2.75, 3.05) is 6.61 Å². The lowest BCUT2D eigenvalue weighted by atomic mass is 9.99. The molecule has 0 bridgehead atoms. The van der Waals surface area contributed by atoms with Gasteiger partial charge in [-0.15, -0.1) is 0 Å². The van der Waals surface area contributed by atoms with Gasteiger partial charge < -0.3 is 25.7 Å². The first-order valence-electron chi connectivity index (χ1n) is 23.4. The summed E-state index contributed by atoms with van der Waals surface area (Å²) in [5.41, 5.74) is 0. The molecule has 4 atom stereocenters. The van der Waals surface area contributed by atoms with Crippen LogP contribution in [0, 0.1) is 0 Å². The Balaban J connectivity index is 3.61. The smallest absolute Gasteiger partial charge is 0.249 e. The fourth-order valence-corrected chi connectivity index (χ4v) is 7.58. The minimum absolute atomic E-state index is 0.376. The maximum absolute atomic E-state index is 12.5. The molecule has 1 amide bonds. The van der Waals surface area contributed by atoms with Gasteiger partial charge in [-0.25, -0.2) is 0 Å². The van der Waals surface area contributed by atoms with Crippen LogP contribution in [0.3, 0.4) is 0 Å². The van der Waals surface area contributed by atoms with Gasteiger partial charge in [-0.1, -0.05) is 245 Å². The lowest BCUT2D eigenvalue weighted by Gasteiger charge is -2.27. The van der Waals surface area contributed by atoms with Crippen LogP contribution in [-0.4, -0.2) is 57.3 Å². The molecule has 0 spiro atoms. The predicted molar refractivity (Wildman–Crippen MR) is 224 cm³/mol. The lowest BCUT2D eigenvalue weighted by molar-refractivity contribution is -0.132. The van der Waals surface area contributed by atoms with Crippen molar-refractivity contribution in [3.63, 3.8) is 0 Å². The number of nitrogens with one attached hydrogen (secondary N) is 1. The number of carbonyl (C=O) groups is 1. The van der Waals surface area contributed by atoms with E-state index in [0.29, 0.717) is 12.8 Å². The standard InChI is InChI=1S/C46H93NO5/c1-3-5-7-9-11-13-15-17-18-19-20-21-22-23-24-25-26-27-28-30-32-34-36-38-40-44(50)46(52)47-42(41-48)45(51)43(49)39-37-35-33-31-29-16-14-12-10-8-6-4-2/h42-45,48-51H,3-41H2,1-2H3,(H,47,52). The Hall–Kier alpha value is -0.690. The molecule has 0 heterocycles. The molecule has 0 radical (unpaired) electrons. The van der Waals surface area contributed by atoms with Gasteiger partial charge in [-0.3, -0.25) is 4.79 Å². The fourth-order valence-electron chi connectivity index (χ4n) is 7.58. The van der Waals surface area contributed by atoms with Crippen LogP contribution in [0.15, 0.2) is 0 Å². The molecule has 0 aliphatic heterocycles. The van der Waals surface area contributed by atoms with Crippen molar-refractivity contribution in [3.05, 3.63) is 0 Å². The molecule has 4 unspecified atom stereocenters. The van der Waals surface area contributed by atoms with E-state index >= 15 is 0 Å². The summed E-state index contributed by atoms with van der Waals surface area (Å²) in [6.45, 7) is 4.06. The Morgan fingerprint density at radius 1 is 0.404 bits per heavy atom. The lowest BCUT2D eigenvalue weighted by Crippen LogP contribution is -2.53. The van der Waals surface area contributed by atoms with Crippen LogP contribution in [0.5, 0.6) is 0 Å². The normalized spacial score (nSPS) is 14.0. The summed E-state index contributed by atoms with van der Waals surface area (Å²) in [7, 11) is 0. The SMILES string of the molecule is CCCCCCCCCCCCCCCCCCCCCCCCCCC(O)C(=O)NC(CO)C(O)C(O)CCCCCCCCCCCCCC. The maximum Gasteiger partial charge on any atom is 0.249 e. The van der Waals surface area contributed by atoms with E-state index in [1.807, 2.05) is 0 Å². The quantitative estimate of drug-likeness (QED) is 0.0400. The molecule has 312 valence electrons.